The molecule has 0 unspecified atom stereocenters. The van der Waals surface area contributed by atoms with E-state index in [1.165, 1.54) is 6.07 Å². The summed E-state index contributed by atoms with van der Waals surface area (Å²) < 4.78 is 1.00. The molecule has 0 saturated heterocycles. The van der Waals surface area contributed by atoms with Crippen LogP contribution in [0.15, 0.2) is 53.0 Å². The number of fused-ring (bicyclic) bond motifs is 3. The molecule has 122 valence electrons. The molecule has 1 aliphatic carbocycles. The van der Waals surface area contributed by atoms with E-state index < -0.39 is 0 Å². The minimum atomic E-state index is -0.366. The Labute approximate surface area is 152 Å². The van der Waals surface area contributed by atoms with Crippen molar-refractivity contribution in [1.29, 1.82) is 0 Å². The number of nitrogens with one attached hydrogen (secondary N) is 1. The van der Waals surface area contributed by atoms with Gasteiger partial charge in [-0.1, -0.05) is 51.8 Å². The average Bonchev–Trinajstić information content (AvgIpc) is 3.03. The van der Waals surface area contributed by atoms with Gasteiger partial charge in [0, 0.05) is 21.5 Å². The van der Waals surface area contributed by atoms with Gasteiger partial charge in [-0.3, -0.25) is 10.1 Å². The summed E-state index contributed by atoms with van der Waals surface area (Å²) in [5.74, 6) is 0.465. The third-order valence-electron chi connectivity index (χ3n) is 4.82. The van der Waals surface area contributed by atoms with E-state index in [1.54, 1.807) is 0 Å². The Hall–Kier alpha value is -1.85. The zero-order valence-electron chi connectivity index (χ0n) is 12.6. The lowest BCUT2D eigenvalue weighted by atomic mass is 9.77. The molecule has 2 aliphatic rings. The molecular formula is C18H14BrClN2O2. The molecule has 1 N–H and O–H groups in total. The molecule has 3 atom stereocenters. The summed E-state index contributed by atoms with van der Waals surface area (Å²) in [6.45, 7) is 0. The van der Waals surface area contributed by atoms with Crippen LogP contribution < -0.4 is 5.32 Å². The van der Waals surface area contributed by atoms with Crippen molar-refractivity contribution in [3.8, 4) is 0 Å². The van der Waals surface area contributed by atoms with Crippen LogP contribution in [0.1, 0.15) is 29.5 Å². The predicted octanol–water partition coefficient (Wildman–Crippen LogP) is 5.84. The molecule has 1 heterocycles. The van der Waals surface area contributed by atoms with Gasteiger partial charge in [0.05, 0.1) is 11.0 Å². The Morgan fingerprint density at radius 1 is 1.29 bits per heavy atom. The van der Waals surface area contributed by atoms with Crippen LogP contribution in [0.3, 0.4) is 0 Å². The number of nitrogens with zero attached hydrogens (tertiary/aromatic N) is 1. The molecule has 2 aromatic rings. The summed E-state index contributed by atoms with van der Waals surface area (Å²) >= 11 is 9.64. The second-order valence-corrected chi connectivity index (χ2v) is 7.53. The fourth-order valence-electron chi connectivity index (χ4n) is 3.82. The van der Waals surface area contributed by atoms with Gasteiger partial charge < -0.3 is 5.32 Å². The fourth-order valence-corrected chi connectivity index (χ4v) is 4.46. The Morgan fingerprint density at radius 2 is 2.12 bits per heavy atom. The first kappa shape index (κ1) is 15.7. The number of benzene rings is 2. The van der Waals surface area contributed by atoms with E-state index in [9.17, 15) is 10.1 Å². The van der Waals surface area contributed by atoms with E-state index >= 15 is 0 Å². The second kappa shape index (κ2) is 5.90. The first-order valence-corrected chi connectivity index (χ1v) is 8.88. The number of rotatable bonds is 2. The van der Waals surface area contributed by atoms with Gasteiger partial charge in [-0.15, -0.1) is 0 Å². The summed E-state index contributed by atoms with van der Waals surface area (Å²) in [5, 5.41) is 15.3. The van der Waals surface area contributed by atoms with Crippen molar-refractivity contribution in [1.82, 2.24) is 0 Å². The molecule has 2 aromatic carbocycles. The summed E-state index contributed by atoms with van der Waals surface area (Å²) in [6, 6.07) is 11.4. The zero-order valence-corrected chi connectivity index (χ0v) is 14.9. The molecule has 0 radical (unpaired) electrons. The smallest absolute Gasteiger partial charge is 0.294 e. The van der Waals surface area contributed by atoms with Crippen LogP contribution in [0.5, 0.6) is 0 Å². The molecule has 4 rings (SSSR count). The molecule has 0 amide bonds. The number of halogens is 2. The van der Waals surface area contributed by atoms with Gasteiger partial charge in [-0.05, 0) is 41.7 Å². The van der Waals surface area contributed by atoms with Crippen molar-refractivity contribution in [2.75, 3.05) is 5.32 Å². The van der Waals surface area contributed by atoms with Gasteiger partial charge in [0.25, 0.3) is 5.69 Å². The maximum absolute atomic E-state index is 11.5. The van der Waals surface area contributed by atoms with Crippen LogP contribution in [0.25, 0.3) is 0 Å². The summed E-state index contributed by atoms with van der Waals surface area (Å²) in [4.78, 5) is 11.1. The van der Waals surface area contributed by atoms with Gasteiger partial charge in [0.15, 0.2) is 0 Å². The van der Waals surface area contributed by atoms with Crippen LogP contribution in [-0.4, -0.2) is 4.92 Å². The van der Waals surface area contributed by atoms with Gasteiger partial charge in [0.2, 0.25) is 0 Å². The number of nitro benzene ring substituents is 1. The predicted molar refractivity (Wildman–Crippen MR) is 98.6 cm³/mol. The van der Waals surface area contributed by atoms with E-state index in [4.69, 9.17) is 11.6 Å². The quantitative estimate of drug-likeness (QED) is 0.388. The Balaban J connectivity index is 1.87. The van der Waals surface area contributed by atoms with Crippen molar-refractivity contribution < 1.29 is 4.92 Å². The summed E-state index contributed by atoms with van der Waals surface area (Å²) in [5.41, 5.74) is 2.66. The highest BCUT2D eigenvalue weighted by atomic mass is 79.9. The molecular weight excluding hydrogens is 392 g/mol. The lowest BCUT2D eigenvalue weighted by Crippen LogP contribution is -2.29. The van der Waals surface area contributed by atoms with E-state index in [0.717, 1.165) is 22.0 Å². The van der Waals surface area contributed by atoms with Crippen LogP contribution in [0, 0.1) is 16.0 Å². The highest BCUT2D eigenvalue weighted by molar-refractivity contribution is 9.10. The molecule has 24 heavy (non-hydrogen) atoms. The maximum Gasteiger partial charge on any atom is 0.294 e. The average molecular weight is 406 g/mol. The fraction of sp³-hybridized carbons (Fsp3) is 0.222. The molecule has 6 heteroatoms. The largest absolute Gasteiger partial charge is 0.372 e. The summed E-state index contributed by atoms with van der Waals surface area (Å²) in [7, 11) is 0. The Bertz CT molecular complexity index is 868. The number of nitro groups is 1. The molecule has 1 aliphatic heterocycles. The molecule has 0 saturated carbocycles. The van der Waals surface area contributed by atoms with Crippen LogP contribution in [-0.2, 0) is 0 Å². The molecule has 0 fully saturated rings. The molecule has 4 nitrogen and oxygen atoms in total. The Kier molecular flexibility index (Phi) is 3.85. The van der Waals surface area contributed by atoms with E-state index in [0.29, 0.717) is 16.6 Å². The monoisotopic (exact) mass is 404 g/mol. The van der Waals surface area contributed by atoms with Crippen molar-refractivity contribution in [2.24, 2.45) is 5.92 Å². The van der Waals surface area contributed by atoms with Crippen LogP contribution >= 0.6 is 27.5 Å². The first-order valence-electron chi connectivity index (χ1n) is 7.71. The Morgan fingerprint density at radius 3 is 2.88 bits per heavy atom. The third kappa shape index (κ3) is 2.52. The van der Waals surface area contributed by atoms with Crippen LogP contribution in [0.2, 0.25) is 5.02 Å². The van der Waals surface area contributed by atoms with Gasteiger partial charge >= 0.3 is 0 Å². The highest BCUT2D eigenvalue weighted by Crippen LogP contribution is 2.52. The molecule has 0 bridgehead atoms. The number of anilines is 1. The SMILES string of the molecule is O=[N+]([O-])c1cc(Cl)cc2c1N[C@H](c1cccc(Br)c1)[C@H]1CC=C[C@@H]21. The minimum absolute atomic E-state index is 0.0230. The van der Waals surface area contributed by atoms with Gasteiger partial charge in [-0.25, -0.2) is 0 Å². The number of allylic oxidation sites excluding steroid dienone is 2. The molecule has 0 aromatic heterocycles. The minimum Gasteiger partial charge on any atom is -0.372 e. The highest BCUT2D eigenvalue weighted by Gasteiger charge is 2.40. The van der Waals surface area contributed by atoms with Crippen molar-refractivity contribution in [2.45, 2.75) is 18.4 Å². The molecule has 0 spiro atoms. The lowest BCUT2D eigenvalue weighted by Gasteiger charge is -2.37. The van der Waals surface area contributed by atoms with E-state index in [-0.39, 0.29) is 22.6 Å². The normalized spacial score (nSPS) is 24.2. The standard InChI is InChI=1S/C18H14BrClN2O2/c19-11-4-1-3-10(7-11)17-14-6-2-5-13(14)15-8-12(20)9-16(22(23)24)18(15)21-17/h1-5,7-9,13-14,17,21H,6H2/t13-,14+,17-/m1/s1. The second-order valence-electron chi connectivity index (χ2n) is 6.18. The van der Waals surface area contributed by atoms with Crippen molar-refractivity contribution >= 4 is 38.9 Å². The van der Waals surface area contributed by atoms with E-state index in [2.05, 4.69) is 45.5 Å². The van der Waals surface area contributed by atoms with Crippen LogP contribution in [0.4, 0.5) is 11.4 Å². The zero-order chi connectivity index (χ0) is 16.8. The lowest BCUT2D eigenvalue weighted by molar-refractivity contribution is -0.384. The number of hydrogen-bond acceptors (Lipinski definition) is 3. The van der Waals surface area contributed by atoms with Crippen molar-refractivity contribution in [3.63, 3.8) is 0 Å². The third-order valence-corrected chi connectivity index (χ3v) is 5.53. The topological polar surface area (TPSA) is 55.2 Å². The number of hydrogen-bond donors (Lipinski definition) is 1. The first-order chi connectivity index (χ1) is 11.5. The van der Waals surface area contributed by atoms with Crippen molar-refractivity contribution in [3.05, 3.63) is 79.3 Å². The maximum atomic E-state index is 11.5. The van der Waals surface area contributed by atoms with Gasteiger partial charge in [-0.2, -0.15) is 0 Å². The van der Waals surface area contributed by atoms with Gasteiger partial charge in [0.1, 0.15) is 5.69 Å². The summed E-state index contributed by atoms with van der Waals surface area (Å²) in [6.07, 6.45) is 5.24. The van der Waals surface area contributed by atoms with E-state index in [1.807, 2.05) is 18.2 Å².